The van der Waals surface area contributed by atoms with Crippen LogP contribution in [-0.2, 0) is 13.2 Å². The van der Waals surface area contributed by atoms with Crippen molar-refractivity contribution in [3.05, 3.63) is 89.4 Å². The SMILES string of the molecule is Cc1ccc(COc2ccc(/C=N\Cc3ccco3)cc2)cc1. The summed E-state index contributed by atoms with van der Waals surface area (Å²) in [7, 11) is 0. The van der Waals surface area contributed by atoms with E-state index in [1.54, 1.807) is 6.26 Å². The second-order valence-corrected chi connectivity index (χ2v) is 5.39. The van der Waals surface area contributed by atoms with Crippen LogP contribution in [0.3, 0.4) is 0 Å². The molecule has 23 heavy (non-hydrogen) atoms. The summed E-state index contributed by atoms with van der Waals surface area (Å²) in [5.74, 6) is 1.72. The van der Waals surface area contributed by atoms with Gasteiger partial charge in [0.1, 0.15) is 18.1 Å². The smallest absolute Gasteiger partial charge is 0.125 e. The lowest BCUT2D eigenvalue weighted by molar-refractivity contribution is 0.306. The molecular weight excluding hydrogens is 286 g/mol. The Morgan fingerprint density at radius 2 is 1.78 bits per heavy atom. The standard InChI is InChI=1S/C20H19NO2/c1-16-4-6-18(7-5-16)15-23-19-10-8-17(9-11-19)13-21-14-20-3-2-12-22-20/h2-13H,14-15H2,1H3/b21-13-. The second kappa shape index (κ2) is 7.45. The van der Waals surface area contributed by atoms with Gasteiger partial charge in [0.15, 0.2) is 0 Å². The molecule has 2 aromatic carbocycles. The molecule has 0 spiro atoms. The van der Waals surface area contributed by atoms with E-state index < -0.39 is 0 Å². The Labute approximate surface area is 136 Å². The van der Waals surface area contributed by atoms with E-state index in [-0.39, 0.29) is 0 Å². The predicted molar refractivity (Wildman–Crippen MR) is 92.0 cm³/mol. The number of ether oxygens (including phenoxy) is 1. The van der Waals surface area contributed by atoms with E-state index >= 15 is 0 Å². The maximum atomic E-state index is 5.79. The van der Waals surface area contributed by atoms with Crippen LogP contribution in [0, 0.1) is 6.92 Å². The molecule has 3 heteroatoms. The molecule has 0 fully saturated rings. The predicted octanol–water partition coefficient (Wildman–Crippen LogP) is 4.79. The van der Waals surface area contributed by atoms with Gasteiger partial charge in [-0.25, -0.2) is 0 Å². The Hall–Kier alpha value is -2.81. The van der Waals surface area contributed by atoms with Crippen molar-refractivity contribution in [1.29, 1.82) is 0 Å². The first-order valence-electron chi connectivity index (χ1n) is 7.60. The summed E-state index contributed by atoms with van der Waals surface area (Å²) in [6, 6.07) is 20.1. The van der Waals surface area contributed by atoms with Gasteiger partial charge in [0.05, 0.1) is 12.8 Å². The monoisotopic (exact) mass is 305 g/mol. The number of aryl methyl sites for hydroxylation is 1. The third-order valence-electron chi connectivity index (χ3n) is 3.47. The molecule has 0 saturated heterocycles. The van der Waals surface area contributed by atoms with Crippen LogP contribution in [0.15, 0.2) is 76.3 Å². The van der Waals surface area contributed by atoms with E-state index in [2.05, 4.69) is 36.2 Å². The Morgan fingerprint density at radius 1 is 1.00 bits per heavy atom. The van der Waals surface area contributed by atoms with E-state index in [9.17, 15) is 0 Å². The minimum absolute atomic E-state index is 0.554. The van der Waals surface area contributed by atoms with E-state index in [0.29, 0.717) is 13.2 Å². The first-order valence-corrected chi connectivity index (χ1v) is 7.60. The quantitative estimate of drug-likeness (QED) is 0.614. The van der Waals surface area contributed by atoms with Gasteiger partial charge in [0, 0.05) is 6.21 Å². The maximum absolute atomic E-state index is 5.79. The lowest BCUT2D eigenvalue weighted by Crippen LogP contribution is -1.95. The van der Waals surface area contributed by atoms with Crippen LogP contribution in [0.2, 0.25) is 0 Å². The van der Waals surface area contributed by atoms with Gasteiger partial charge in [0.25, 0.3) is 0 Å². The molecule has 0 amide bonds. The van der Waals surface area contributed by atoms with Crippen LogP contribution in [0.25, 0.3) is 0 Å². The highest BCUT2D eigenvalue weighted by Gasteiger charge is 1.97. The van der Waals surface area contributed by atoms with Crippen molar-refractivity contribution >= 4 is 6.21 Å². The molecule has 0 aliphatic heterocycles. The van der Waals surface area contributed by atoms with Crippen molar-refractivity contribution < 1.29 is 9.15 Å². The lowest BCUT2D eigenvalue weighted by Gasteiger charge is -2.06. The average Bonchev–Trinajstić information content (AvgIpc) is 3.09. The summed E-state index contributed by atoms with van der Waals surface area (Å²) < 4.78 is 11.0. The largest absolute Gasteiger partial charge is 0.489 e. The molecule has 0 atom stereocenters. The molecule has 116 valence electrons. The molecule has 0 aliphatic carbocycles. The molecule has 0 aliphatic rings. The van der Waals surface area contributed by atoms with Gasteiger partial charge in [-0.05, 0) is 54.4 Å². The highest BCUT2D eigenvalue weighted by Crippen LogP contribution is 2.14. The number of rotatable bonds is 6. The van der Waals surface area contributed by atoms with Crippen LogP contribution in [0.1, 0.15) is 22.5 Å². The topological polar surface area (TPSA) is 34.7 Å². The average molecular weight is 305 g/mol. The van der Waals surface area contributed by atoms with Crippen LogP contribution < -0.4 is 4.74 Å². The molecular formula is C20H19NO2. The third-order valence-corrected chi connectivity index (χ3v) is 3.47. The van der Waals surface area contributed by atoms with Crippen molar-refractivity contribution in [2.45, 2.75) is 20.1 Å². The second-order valence-electron chi connectivity index (χ2n) is 5.39. The number of hydrogen-bond acceptors (Lipinski definition) is 3. The number of hydrogen-bond donors (Lipinski definition) is 0. The molecule has 0 radical (unpaired) electrons. The van der Waals surface area contributed by atoms with Gasteiger partial charge in [-0.2, -0.15) is 0 Å². The number of aliphatic imine (C=N–C) groups is 1. The van der Waals surface area contributed by atoms with Crippen LogP contribution in [-0.4, -0.2) is 6.21 Å². The van der Waals surface area contributed by atoms with Gasteiger partial charge >= 0.3 is 0 Å². The van der Waals surface area contributed by atoms with E-state index in [1.807, 2.05) is 42.6 Å². The molecule has 3 aromatic rings. The summed E-state index contributed by atoms with van der Waals surface area (Å²) in [5.41, 5.74) is 3.46. The molecule has 0 unspecified atom stereocenters. The fourth-order valence-corrected chi connectivity index (χ4v) is 2.14. The molecule has 0 N–H and O–H groups in total. The molecule has 3 nitrogen and oxygen atoms in total. The summed E-state index contributed by atoms with van der Waals surface area (Å²) in [6.45, 7) is 3.21. The first kappa shape index (κ1) is 15.1. The maximum Gasteiger partial charge on any atom is 0.125 e. The minimum atomic E-state index is 0.554. The summed E-state index contributed by atoms with van der Waals surface area (Å²) >= 11 is 0. The number of nitrogens with zero attached hydrogens (tertiary/aromatic N) is 1. The van der Waals surface area contributed by atoms with Crippen molar-refractivity contribution in [1.82, 2.24) is 0 Å². The normalized spacial score (nSPS) is 11.0. The van der Waals surface area contributed by atoms with Gasteiger partial charge in [0.2, 0.25) is 0 Å². The molecule has 1 aromatic heterocycles. The molecule has 0 bridgehead atoms. The Balaban J connectivity index is 1.52. The van der Waals surface area contributed by atoms with Gasteiger partial charge < -0.3 is 9.15 Å². The zero-order valence-electron chi connectivity index (χ0n) is 13.1. The molecule has 0 saturated carbocycles. The molecule has 3 rings (SSSR count). The Morgan fingerprint density at radius 3 is 2.48 bits per heavy atom. The zero-order valence-corrected chi connectivity index (χ0v) is 13.1. The summed E-state index contributed by atoms with van der Waals surface area (Å²) in [5, 5.41) is 0. The number of furan rings is 1. The van der Waals surface area contributed by atoms with Crippen molar-refractivity contribution in [3.8, 4) is 5.75 Å². The summed E-state index contributed by atoms with van der Waals surface area (Å²) in [6.07, 6.45) is 3.50. The van der Waals surface area contributed by atoms with Gasteiger partial charge in [-0.15, -0.1) is 0 Å². The Kier molecular flexibility index (Phi) is 4.89. The van der Waals surface area contributed by atoms with Gasteiger partial charge in [-0.3, -0.25) is 4.99 Å². The van der Waals surface area contributed by atoms with Crippen molar-refractivity contribution in [2.24, 2.45) is 4.99 Å². The van der Waals surface area contributed by atoms with E-state index in [4.69, 9.17) is 9.15 Å². The number of benzene rings is 2. The van der Waals surface area contributed by atoms with Crippen LogP contribution in [0.5, 0.6) is 5.75 Å². The van der Waals surface area contributed by atoms with E-state index in [0.717, 1.165) is 17.1 Å². The van der Waals surface area contributed by atoms with Crippen LogP contribution in [0.4, 0.5) is 0 Å². The van der Waals surface area contributed by atoms with Crippen molar-refractivity contribution in [3.63, 3.8) is 0 Å². The minimum Gasteiger partial charge on any atom is -0.489 e. The zero-order chi connectivity index (χ0) is 15.9. The fraction of sp³-hybridized carbons (Fsp3) is 0.150. The highest BCUT2D eigenvalue weighted by molar-refractivity contribution is 5.79. The van der Waals surface area contributed by atoms with E-state index in [1.165, 1.54) is 11.1 Å². The summed E-state index contributed by atoms with van der Waals surface area (Å²) in [4.78, 5) is 4.36. The lowest BCUT2D eigenvalue weighted by atomic mass is 10.2. The highest BCUT2D eigenvalue weighted by atomic mass is 16.5. The van der Waals surface area contributed by atoms with Crippen molar-refractivity contribution in [2.75, 3.05) is 0 Å². The Bertz CT molecular complexity index is 741. The molecule has 1 heterocycles. The fourth-order valence-electron chi connectivity index (χ4n) is 2.14. The first-order chi connectivity index (χ1) is 11.3. The van der Waals surface area contributed by atoms with Gasteiger partial charge in [-0.1, -0.05) is 29.8 Å². The van der Waals surface area contributed by atoms with Crippen LogP contribution >= 0.6 is 0 Å². The third kappa shape index (κ3) is 4.58.